The standard InChI is InChI=1S/C18H18ClNO2/c1-8-2-3-9(6-14(8)19)20-17(21)15-10-4-5-11(13-7-12(10)13)16(15)18(20)22/h2-3,6,10-13,15-16H,4-5,7H2,1H3/t10-,11-,12-,13+,15?,16-/m0/s1. The number of hydrogen-bond acceptors (Lipinski definition) is 2. The van der Waals surface area contributed by atoms with E-state index in [2.05, 4.69) is 0 Å². The van der Waals surface area contributed by atoms with Crippen molar-refractivity contribution in [1.29, 1.82) is 0 Å². The van der Waals surface area contributed by atoms with Crippen LogP contribution in [0.2, 0.25) is 5.02 Å². The van der Waals surface area contributed by atoms with Gasteiger partial charge in [0.1, 0.15) is 0 Å². The number of amides is 2. The summed E-state index contributed by atoms with van der Waals surface area (Å²) in [5.74, 6) is 2.26. The fraction of sp³-hybridized carbons (Fsp3) is 0.556. The average Bonchev–Trinajstić information content (AvgIpc) is 3.28. The first-order chi connectivity index (χ1) is 10.6. The molecule has 0 N–H and O–H groups in total. The monoisotopic (exact) mass is 315 g/mol. The second-order valence-corrected chi connectivity index (χ2v) is 7.87. The summed E-state index contributed by atoms with van der Waals surface area (Å²) in [7, 11) is 0. The molecule has 4 saturated carbocycles. The molecule has 1 aromatic rings. The Labute approximate surface area is 134 Å². The molecule has 6 rings (SSSR count). The molecule has 2 bridgehead atoms. The van der Waals surface area contributed by atoms with Gasteiger partial charge in [0.25, 0.3) is 0 Å². The number of fused-ring (bicyclic) bond motifs is 1. The van der Waals surface area contributed by atoms with Crippen molar-refractivity contribution in [3.63, 3.8) is 0 Å². The van der Waals surface area contributed by atoms with E-state index in [1.54, 1.807) is 6.07 Å². The van der Waals surface area contributed by atoms with Crippen LogP contribution < -0.4 is 4.90 Å². The molecule has 4 heteroatoms. The van der Waals surface area contributed by atoms with E-state index in [-0.39, 0.29) is 23.7 Å². The number of hydrogen-bond donors (Lipinski definition) is 0. The molecule has 4 aliphatic carbocycles. The van der Waals surface area contributed by atoms with Gasteiger partial charge in [-0.2, -0.15) is 0 Å². The number of aryl methyl sites for hydroxylation is 1. The minimum absolute atomic E-state index is 0.0231. The fourth-order valence-corrected chi connectivity index (χ4v) is 5.69. The summed E-state index contributed by atoms with van der Waals surface area (Å²) >= 11 is 6.19. The van der Waals surface area contributed by atoms with E-state index in [1.165, 1.54) is 11.3 Å². The topological polar surface area (TPSA) is 37.4 Å². The molecule has 6 atom stereocenters. The highest BCUT2D eigenvalue weighted by Crippen LogP contribution is 2.68. The van der Waals surface area contributed by atoms with Gasteiger partial charge in [0.05, 0.1) is 17.5 Å². The van der Waals surface area contributed by atoms with Crippen molar-refractivity contribution < 1.29 is 9.59 Å². The second-order valence-electron chi connectivity index (χ2n) is 7.47. The Morgan fingerprint density at radius 1 is 1.00 bits per heavy atom. The van der Waals surface area contributed by atoms with Crippen molar-refractivity contribution in [2.45, 2.75) is 26.2 Å². The van der Waals surface area contributed by atoms with Crippen LogP contribution in [0.15, 0.2) is 18.2 Å². The summed E-state index contributed by atoms with van der Waals surface area (Å²) in [6, 6.07) is 5.48. The minimum atomic E-state index is -0.0601. The Morgan fingerprint density at radius 2 is 1.59 bits per heavy atom. The van der Waals surface area contributed by atoms with Gasteiger partial charge >= 0.3 is 0 Å². The van der Waals surface area contributed by atoms with Gasteiger partial charge in [-0.25, -0.2) is 4.90 Å². The Bertz CT molecular complexity index is 681. The number of halogens is 1. The molecule has 3 nitrogen and oxygen atoms in total. The molecule has 2 amide bonds. The van der Waals surface area contributed by atoms with Crippen LogP contribution in [-0.2, 0) is 9.59 Å². The van der Waals surface area contributed by atoms with Gasteiger partial charge in [0.15, 0.2) is 0 Å². The average molecular weight is 316 g/mol. The van der Waals surface area contributed by atoms with Crippen LogP contribution >= 0.6 is 11.6 Å². The smallest absolute Gasteiger partial charge is 0.237 e. The van der Waals surface area contributed by atoms with E-state index in [1.807, 2.05) is 19.1 Å². The maximum Gasteiger partial charge on any atom is 0.237 e. The molecule has 1 aliphatic heterocycles. The molecule has 0 radical (unpaired) electrons. The maximum absolute atomic E-state index is 13.0. The van der Waals surface area contributed by atoms with Crippen LogP contribution in [0.4, 0.5) is 5.69 Å². The normalized spacial score (nSPS) is 41.6. The molecule has 1 saturated heterocycles. The zero-order valence-electron chi connectivity index (χ0n) is 12.5. The minimum Gasteiger partial charge on any atom is -0.274 e. The van der Waals surface area contributed by atoms with Crippen LogP contribution in [0.3, 0.4) is 0 Å². The highest BCUT2D eigenvalue weighted by atomic mass is 35.5. The first-order valence-corrected chi connectivity index (χ1v) is 8.59. The van der Waals surface area contributed by atoms with E-state index in [0.717, 1.165) is 30.2 Å². The van der Waals surface area contributed by atoms with Crippen molar-refractivity contribution in [2.24, 2.45) is 35.5 Å². The third-order valence-electron chi connectivity index (χ3n) is 6.56. The number of carbonyl (C=O) groups excluding carboxylic acids is 2. The maximum atomic E-state index is 13.0. The first kappa shape index (κ1) is 13.1. The molecule has 0 spiro atoms. The van der Waals surface area contributed by atoms with Gasteiger partial charge in [-0.3, -0.25) is 9.59 Å². The number of rotatable bonds is 1. The van der Waals surface area contributed by atoms with Crippen LogP contribution in [-0.4, -0.2) is 11.8 Å². The zero-order chi connectivity index (χ0) is 15.2. The Balaban J connectivity index is 1.57. The Hall–Kier alpha value is -1.35. The van der Waals surface area contributed by atoms with Crippen molar-refractivity contribution in [2.75, 3.05) is 4.90 Å². The van der Waals surface area contributed by atoms with E-state index >= 15 is 0 Å². The van der Waals surface area contributed by atoms with Gasteiger partial charge in [-0.15, -0.1) is 0 Å². The van der Waals surface area contributed by atoms with E-state index in [4.69, 9.17) is 11.6 Å². The number of carbonyl (C=O) groups is 2. The number of imide groups is 1. The molecule has 22 heavy (non-hydrogen) atoms. The van der Waals surface area contributed by atoms with Crippen molar-refractivity contribution in [3.8, 4) is 0 Å². The van der Waals surface area contributed by atoms with E-state index in [0.29, 0.717) is 22.5 Å². The number of benzene rings is 1. The summed E-state index contributed by atoms with van der Waals surface area (Å²) in [6.07, 6.45) is 3.52. The van der Waals surface area contributed by atoms with Crippen LogP contribution in [0.1, 0.15) is 24.8 Å². The van der Waals surface area contributed by atoms with Crippen molar-refractivity contribution in [3.05, 3.63) is 28.8 Å². The SMILES string of the molecule is Cc1ccc(N2C(=O)C3[C@H]4CC[C@@H]([C@H]5C[C@H]54)[C@@H]3C2=O)cc1Cl. The van der Waals surface area contributed by atoms with Crippen LogP contribution in [0.25, 0.3) is 0 Å². The summed E-state index contributed by atoms with van der Waals surface area (Å²) in [6.45, 7) is 1.92. The molecule has 1 heterocycles. The third-order valence-corrected chi connectivity index (χ3v) is 6.97. The molecule has 1 aromatic carbocycles. The zero-order valence-corrected chi connectivity index (χ0v) is 13.2. The quantitative estimate of drug-likeness (QED) is 0.745. The fourth-order valence-electron chi connectivity index (χ4n) is 5.51. The lowest BCUT2D eigenvalue weighted by atomic mass is 9.59. The number of anilines is 1. The summed E-state index contributed by atoms with van der Waals surface area (Å²) in [5.41, 5.74) is 1.61. The molecule has 0 aromatic heterocycles. The van der Waals surface area contributed by atoms with Crippen molar-refractivity contribution in [1.82, 2.24) is 0 Å². The van der Waals surface area contributed by atoms with Gasteiger partial charge in [0, 0.05) is 5.02 Å². The van der Waals surface area contributed by atoms with E-state index in [9.17, 15) is 9.59 Å². The number of nitrogens with zero attached hydrogens (tertiary/aromatic N) is 1. The highest BCUT2D eigenvalue weighted by Gasteiger charge is 2.68. The lowest BCUT2D eigenvalue weighted by molar-refractivity contribution is -0.129. The van der Waals surface area contributed by atoms with Gasteiger partial charge in [-0.1, -0.05) is 17.7 Å². The third kappa shape index (κ3) is 1.48. The predicted octanol–water partition coefficient (Wildman–Crippen LogP) is 3.43. The lowest BCUT2D eigenvalue weighted by Crippen LogP contribution is -2.43. The summed E-state index contributed by atoms with van der Waals surface area (Å²) in [5, 5.41) is 0.610. The highest BCUT2D eigenvalue weighted by molar-refractivity contribution is 6.32. The lowest BCUT2D eigenvalue weighted by Gasteiger charge is -2.42. The molecular formula is C18H18ClNO2. The van der Waals surface area contributed by atoms with Crippen LogP contribution in [0, 0.1) is 42.4 Å². The molecule has 5 fully saturated rings. The molecule has 5 aliphatic rings. The summed E-state index contributed by atoms with van der Waals surface area (Å²) in [4.78, 5) is 27.4. The van der Waals surface area contributed by atoms with E-state index < -0.39 is 0 Å². The molecule has 114 valence electrons. The summed E-state index contributed by atoms with van der Waals surface area (Å²) < 4.78 is 0. The second kappa shape index (κ2) is 4.14. The van der Waals surface area contributed by atoms with Gasteiger partial charge in [-0.05, 0) is 67.6 Å². The Kier molecular flexibility index (Phi) is 2.47. The predicted molar refractivity (Wildman–Crippen MR) is 83.5 cm³/mol. The first-order valence-electron chi connectivity index (χ1n) is 8.22. The van der Waals surface area contributed by atoms with Crippen LogP contribution in [0.5, 0.6) is 0 Å². The molecule has 1 unspecified atom stereocenters. The Morgan fingerprint density at radius 3 is 2.14 bits per heavy atom. The molecular weight excluding hydrogens is 298 g/mol. The van der Waals surface area contributed by atoms with Gasteiger partial charge < -0.3 is 0 Å². The van der Waals surface area contributed by atoms with Gasteiger partial charge in [0.2, 0.25) is 11.8 Å². The largest absolute Gasteiger partial charge is 0.274 e. The van der Waals surface area contributed by atoms with Crippen molar-refractivity contribution >= 4 is 29.1 Å².